The van der Waals surface area contributed by atoms with E-state index in [2.05, 4.69) is 17.2 Å². The van der Waals surface area contributed by atoms with Crippen LogP contribution in [0.1, 0.15) is 16.7 Å². The smallest absolute Gasteiger partial charge is 0.234 e. The van der Waals surface area contributed by atoms with Crippen molar-refractivity contribution in [3.8, 4) is 17.6 Å². The van der Waals surface area contributed by atoms with Crippen molar-refractivity contribution in [3.63, 3.8) is 0 Å². The lowest BCUT2D eigenvalue weighted by atomic mass is 10.1. The highest BCUT2D eigenvalue weighted by atomic mass is 16.5. The average molecular weight is 246 g/mol. The minimum absolute atomic E-state index is 0.0115. The summed E-state index contributed by atoms with van der Waals surface area (Å²) < 4.78 is 5.28. The standard InChI is InChI=1S/C14H18N2O2/c1-10-7-12(8-11(2)14(10)18-3)5-4-6-16-13(17)9-15/h7-8H,6,9,15H2,1-3H3,(H,16,17). The van der Waals surface area contributed by atoms with Gasteiger partial charge in [-0.2, -0.15) is 0 Å². The number of amides is 1. The highest BCUT2D eigenvalue weighted by molar-refractivity contribution is 5.77. The lowest BCUT2D eigenvalue weighted by Crippen LogP contribution is -2.30. The van der Waals surface area contributed by atoms with Crippen LogP contribution >= 0.6 is 0 Å². The Morgan fingerprint density at radius 2 is 2.00 bits per heavy atom. The Hall–Kier alpha value is -1.99. The summed E-state index contributed by atoms with van der Waals surface area (Å²) in [6, 6.07) is 3.92. The third kappa shape index (κ3) is 3.79. The van der Waals surface area contributed by atoms with E-state index in [-0.39, 0.29) is 12.5 Å². The molecule has 0 spiro atoms. The molecule has 0 saturated heterocycles. The molecule has 0 aromatic heterocycles. The molecule has 3 N–H and O–H groups in total. The largest absolute Gasteiger partial charge is 0.496 e. The molecule has 1 rings (SSSR count). The maximum atomic E-state index is 10.9. The Labute approximate surface area is 108 Å². The summed E-state index contributed by atoms with van der Waals surface area (Å²) in [6.07, 6.45) is 0. The molecule has 0 saturated carbocycles. The maximum absolute atomic E-state index is 10.9. The van der Waals surface area contributed by atoms with E-state index in [1.807, 2.05) is 26.0 Å². The molecule has 0 aliphatic heterocycles. The SMILES string of the molecule is COc1c(C)cc(C#CCNC(=O)CN)cc1C. The highest BCUT2D eigenvalue weighted by Crippen LogP contribution is 2.23. The third-order valence-electron chi connectivity index (χ3n) is 2.46. The topological polar surface area (TPSA) is 64.3 Å². The van der Waals surface area contributed by atoms with Crippen LogP contribution in [0.5, 0.6) is 5.75 Å². The van der Waals surface area contributed by atoms with Crippen LogP contribution in [0.4, 0.5) is 0 Å². The number of carbonyl (C=O) groups is 1. The van der Waals surface area contributed by atoms with Crippen molar-refractivity contribution < 1.29 is 9.53 Å². The zero-order valence-electron chi connectivity index (χ0n) is 11.0. The van der Waals surface area contributed by atoms with Crippen LogP contribution < -0.4 is 15.8 Å². The molecule has 1 aromatic rings. The average Bonchev–Trinajstić information content (AvgIpc) is 2.34. The second-order valence-electron chi connectivity index (χ2n) is 3.93. The summed E-state index contributed by atoms with van der Waals surface area (Å²) in [4.78, 5) is 10.9. The molecule has 18 heavy (non-hydrogen) atoms. The fourth-order valence-corrected chi connectivity index (χ4v) is 1.71. The molecule has 0 aliphatic rings. The van der Waals surface area contributed by atoms with Gasteiger partial charge in [-0.3, -0.25) is 4.79 Å². The monoisotopic (exact) mass is 246 g/mol. The first kappa shape index (κ1) is 14.1. The number of carbonyl (C=O) groups excluding carboxylic acids is 1. The molecular formula is C14H18N2O2. The van der Waals surface area contributed by atoms with Gasteiger partial charge < -0.3 is 15.8 Å². The van der Waals surface area contributed by atoms with Crippen LogP contribution in [-0.4, -0.2) is 26.1 Å². The Morgan fingerprint density at radius 1 is 1.39 bits per heavy atom. The maximum Gasteiger partial charge on any atom is 0.234 e. The molecule has 0 heterocycles. The summed E-state index contributed by atoms with van der Waals surface area (Å²) in [5, 5.41) is 2.59. The zero-order chi connectivity index (χ0) is 13.5. The number of ether oxygens (including phenoxy) is 1. The van der Waals surface area contributed by atoms with Gasteiger partial charge in [0.2, 0.25) is 5.91 Å². The van der Waals surface area contributed by atoms with E-state index >= 15 is 0 Å². The van der Waals surface area contributed by atoms with Crippen molar-refractivity contribution >= 4 is 5.91 Å². The molecule has 4 heteroatoms. The van der Waals surface area contributed by atoms with Crippen LogP contribution in [0.2, 0.25) is 0 Å². The molecule has 0 radical (unpaired) electrons. The molecule has 96 valence electrons. The van der Waals surface area contributed by atoms with E-state index in [1.54, 1.807) is 7.11 Å². The first-order valence-corrected chi connectivity index (χ1v) is 5.69. The lowest BCUT2D eigenvalue weighted by Gasteiger charge is -2.08. The van der Waals surface area contributed by atoms with Gasteiger partial charge in [0.15, 0.2) is 0 Å². The first-order chi connectivity index (χ1) is 8.58. The lowest BCUT2D eigenvalue weighted by molar-refractivity contribution is -0.119. The predicted molar refractivity (Wildman–Crippen MR) is 71.4 cm³/mol. The van der Waals surface area contributed by atoms with Gasteiger partial charge in [0, 0.05) is 5.56 Å². The van der Waals surface area contributed by atoms with E-state index in [1.165, 1.54) is 0 Å². The number of methoxy groups -OCH3 is 1. The Bertz CT molecular complexity index is 475. The first-order valence-electron chi connectivity index (χ1n) is 5.69. The molecule has 1 amide bonds. The number of benzene rings is 1. The fraction of sp³-hybridized carbons (Fsp3) is 0.357. The molecule has 0 fully saturated rings. The van der Waals surface area contributed by atoms with Crippen molar-refractivity contribution in [2.75, 3.05) is 20.2 Å². The number of aryl methyl sites for hydroxylation is 2. The Kier molecular flexibility index (Phi) is 5.22. The third-order valence-corrected chi connectivity index (χ3v) is 2.46. The van der Waals surface area contributed by atoms with Gasteiger partial charge in [-0.1, -0.05) is 11.8 Å². The molecule has 1 aromatic carbocycles. The summed E-state index contributed by atoms with van der Waals surface area (Å²) >= 11 is 0. The van der Waals surface area contributed by atoms with Crippen LogP contribution in [0.15, 0.2) is 12.1 Å². The van der Waals surface area contributed by atoms with Gasteiger partial charge in [0.1, 0.15) is 5.75 Å². The van der Waals surface area contributed by atoms with Crippen molar-refractivity contribution in [2.45, 2.75) is 13.8 Å². The van der Waals surface area contributed by atoms with Gasteiger partial charge in [-0.15, -0.1) is 0 Å². The molecule has 0 atom stereocenters. The highest BCUT2D eigenvalue weighted by Gasteiger charge is 2.03. The second-order valence-corrected chi connectivity index (χ2v) is 3.93. The number of rotatable bonds is 3. The molecule has 0 aliphatic carbocycles. The van der Waals surface area contributed by atoms with Crippen LogP contribution in [-0.2, 0) is 4.79 Å². The zero-order valence-corrected chi connectivity index (χ0v) is 11.0. The normalized spacial score (nSPS) is 9.33. The summed E-state index contributed by atoms with van der Waals surface area (Å²) in [6.45, 7) is 4.25. The van der Waals surface area contributed by atoms with E-state index in [9.17, 15) is 4.79 Å². The predicted octanol–water partition coefficient (Wildman–Crippen LogP) is 0.738. The summed E-state index contributed by atoms with van der Waals surface area (Å²) in [5.41, 5.74) is 8.17. The summed E-state index contributed by atoms with van der Waals surface area (Å²) in [7, 11) is 1.66. The Morgan fingerprint density at radius 3 is 2.50 bits per heavy atom. The quantitative estimate of drug-likeness (QED) is 0.773. The van der Waals surface area contributed by atoms with Gasteiger partial charge >= 0.3 is 0 Å². The van der Waals surface area contributed by atoms with Gasteiger partial charge in [0.05, 0.1) is 20.2 Å². The summed E-state index contributed by atoms with van der Waals surface area (Å²) in [5.74, 6) is 6.56. The fourth-order valence-electron chi connectivity index (χ4n) is 1.71. The number of hydrogen-bond acceptors (Lipinski definition) is 3. The van der Waals surface area contributed by atoms with Gasteiger partial charge in [0.25, 0.3) is 0 Å². The van der Waals surface area contributed by atoms with Crippen LogP contribution in [0, 0.1) is 25.7 Å². The number of nitrogens with one attached hydrogen (secondary N) is 1. The molecular weight excluding hydrogens is 228 g/mol. The van der Waals surface area contributed by atoms with E-state index in [0.717, 1.165) is 22.4 Å². The van der Waals surface area contributed by atoms with E-state index < -0.39 is 0 Å². The van der Waals surface area contributed by atoms with Crippen molar-refractivity contribution in [1.29, 1.82) is 0 Å². The van der Waals surface area contributed by atoms with Crippen LogP contribution in [0.25, 0.3) is 0 Å². The van der Waals surface area contributed by atoms with E-state index in [4.69, 9.17) is 10.5 Å². The number of hydrogen-bond donors (Lipinski definition) is 2. The number of nitrogens with two attached hydrogens (primary N) is 1. The van der Waals surface area contributed by atoms with Gasteiger partial charge in [-0.05, 0) is 37.1 Å². The molecule has 4 nitrogen and oxygen atoms in total. The van der Waals surface area contributed by atoms with Crippen molar-refractivity contribution in [1.82, 2.24) is 5.32 Å². The Balaban J connectivity index is 2.74. The molecule has 0 bridgehead atoms. The minimum Gasteiger partial charge on any atom is -0.496 e. The van der Waals surface area contributed by atoms with E-state index in [0.29, 0.717) is 6.54 Å². The minimum atomic E-state index is -0.202. The van der Waals surface area contributed by atoms with Crippen molar-refractivity contribution in [2.24, 2.45) is 5.73 Å². The van der Waals surface area contributed by atoms with Gasteiger partial charge in [-0.25, -0.2) is 0 Å². The van der Waals surface area contributed by atoms with Crippen molar-refractivity contribution in [3.05, 3.63) is 28.8 Å². The van der Waals surface area contributed by atoms with Crippen LogP contribution in [0.3, 0.4) is 0 Å². The molecule has 0 unspecified atom stereocenters. The second kappa shape index (κ2) is 6.67.